The molecule has 1 unspecified atom stereocenters. The molecule has 2 heterocycles. The van der Waals surface area contributed by atoms with Gasteiger partial charge in [0.2, 0.25) is 0 Å². The molecule has 0 aromatic carbocycles. The van der Waals surface area contributed by atoms with Crippen LogP contribution in [0.3, 0.4) is 0 Å². The van der Waals surface area contributed by atoms with Crippen molar-refractivity contribution in [1.29, 1.82) is 0 Å². The Bertz CT molecular complexity index is 531. The van der Waals surface area contributed by atoms with Gasteiger partial charge in [0.1, 0.15) is 0 Å². The number of hydrogen-bond acceptors (Lipinski definition) is 5. The van der Waals surface area contributed by atoms with Crippen LogP contribution in [0.4, 0.5) is 0 Å². The number of rotatable bonds is 2. The molecule has 0 radical (unpaired) electrons. The van der Waals surface area contributed by atoms with E-state index in [-0.39, 0.29) is 10.7 Å². The van der Waals surface area contributed by atoms with Crippen LogP contribution in [0.2, 0.25) is 0 Å². The van der Waals surface area contributed by atoms with Crippen molar-refractivity contribution in [2.75, 3.05) is 0 Å². The molecule has 1 atom stereocenters. The third kappa shape index (κ3) is 2.45. The smallest absolute Gasteiger partial charge is 0.257 e. The minimum atomic E-state index is 0.0472. The van der Waals surface area contributed by atoms with Crippen molar-refractivity contribution in [2.24, 2.45) is 0 Å². The molecule has 2 aromatic rings. The Labute approximate surface area is 110 Å². The summed E-state index contributed by atoms with van der Waals surface area (Å²) in [5.41, 5.74) is 2.90. The van der Waals surface area contributed by atoms with Crippen LogP contribution in [0.1, 0.15) is 44.2 Å². The molecule has 0 saturated carbocycles. The lowest BCUT2D eigenvalue weighted by atomic mass is 9.85. The van der Waals surface area contributed by atoms with Gasteiger partial charge >= 0.3 is 0 Å². The standard InChI is InChI=1S/C12H16N2OS2/c1-7(17-16)10-9(12(2,3)4)5-8-6-13-15-11(8)14-10/h5-7,16H,1-4H3. The van der Waals surface area contributed by atoms with Crippen LogP contribution in [0.25, 0.3) is 11.1 Å². The van der Waals surface area contributed by atoms with E-state index in [9.17, 15) is 0 Å². The zero-order valence-corrected chi connectivity index (χ0v) is 12.1. The summed E-state index contributed by atoms with van der Waals surface area (Å²) in [6.45, 7) is 8.64. The number of fused-ring (bicyclic) bond motifs is 1. The molecule has 0 N–H and O–H groups in total. The second kappa shape index (κ2) is 4.53. The predicted octanol–water partition coefficient (Wildman–Crippen LogP) is 4.16. The number of aromatic nitrogens is 2. The van der Waals surface area contributed by atoms with Gasteiger partial charge in [-0.15, -0.1) is 11.7 Å². The highest BCUT2D eigenvalue weighted by Crippen LogP contribution is 2.37. The maximum Gasteiger partial charge on any atom is 0.257 e. The normalized spacial score (nSPS) is 14.2. The minimum absolute atomic E-state index is 0.0472. The van der Waals surface area contributed by atoms with Crippen molar-refractivity contribution >= 4 is 33.6 Å². The van der Waals surface area contributed by atoms with Gasteiger partial charge in [0.25, 0.3) is 5.71 Å². The molecule has 92 valence electrons. The van der Waals surface area contributed by atoms with Gasteiger partial charge in [0.05, 0.1) is 22.5 Å². The fourth-order valence-corrected chi connectivity index (χ4v) is 2.36. The first kappa shape index (κ1) is 12.8. The lowest BCUT2D eigenvalue weighted by Crippen LogP contribution is -2.16. The molecule has 0 saturated heterocycles. The Morgan fingerprint density at radius 3 is 2.71 bits per heavy atom. The Morgan fingerprint density at radius 2 is 2.12 bits per heavy atom. The van der Waals surface area contributed by atoms with Gasteiger partial charge in [0.15, 0.2) is 0 Å². The van der Waals surface area contributed by atoms with Crippen molar-refractivity contribution in [3.05, 3.63) is 23.5 Å². The maximum atomic E-state index is 5.13. The quantitative estimate of drug-likeness (QED) is 0.655. The van der Waals surface area contributed by atoms with Crippen molar-refractivity contribution in [1.82, 2.24) is 10.1 Å². The molecule has 0 spiro atoms. The zero-order valence-electron chi connectivity index (χ0n) is 10.4. The molecule has 0 amide bonds. The van der Waals surface area contributed by atoms with Crippen LogP contribution >= 0.6 is 22.5 Å². The number of nitrogens with zero attached hydrogens (tertiary/aromatic N) is 2. The topological polar surface area (TPSA) is 38.9 Å². The second-order valence-corrected chi connectivity index (χ2v) is 6.69. The fourth-order valence-electron chi connectivity index (χ4n) is 1.78. The van der Waals surface area contributed by atoms with Gasteiger partial charge in [-0.3, -0.25) is 0 Å². The third-order valence-corrected chi connectivity index (χ3v) is 4.22. The van der Waals surface area contributed by atoms with Crippen LogP contribution in [0.5, 0.6) is 0 Å². The van der Waals surface area contributed by atoms with Crippen LogP contribution in [-0.4, -0.2) is 10.1 Å². The zero-order chi connectivity index (χ0) is 12.6. The molecule has 0 aliphatic carbocycles. The molecule has 2 rings (SSSR count). The van der Waals surface area contributed by atoms with Gasteiger partial charge in [-0.25, -0.2) is 4.98 Å². The van der Waals surface area contributed by atoms with E-state index in [0.717, 1.165) is 11.1 Å². The maximum absolute atomic E-state index is 5.13. The first-order chi connectivity index (χ1) is 7.93. The summed E-state index contributed by atoms with van der Waals surface area (Å²) >= 11 is 4.28. The Balaban J connectivity index is 2.68. The molecular weight excluding hydrogens is 252 g/mol. The molecule has 0 aliphatic heterocycles. The number of thiol groups is 1. The Kier molecular flexibility index (Phi) is 3.41. The van der Waals surface area contributed by atoms with Crippen molar-refractivity contribution in [3.63, 3.8) is 0 Å². The molecule has 0 aliphatic rings. The number of pyridine rings is 1. The monoisotopic (exact) mass is 268 g/mol. The van der Waals surface area contributed by atoms with Crippen LogP contribution in [-0.2, 0) is 5.41 Å². The largest absolute Gasteiger partial charge is 0.336 e. The van der Waals surface area contributed by atoms with Crippen molar-refractivity contribution < 1.29 is 4.52 Å². The Morgan fingerprint density at radius 1 is 1.41 bits per heavy atom. The number of hydrogen-bond donors (Lipinski definition) is 1. The third-order valence-electron chi connectivity index (χ3n) is 2.73. The predicted molar refractivity (Wildman–Crippen MR) is 75.5 cm³/mol. The van der Waals surface area contributed by atoms with Crippen molar-refractivity contribution in [3.8, 4) is 0 Å². The van der Waals surface area contributed by atoms with E-state index < -0.39 is 0 Å². The van der Waals surface area contributed by atoms with Gasteiger partial charge in [0, 0.05) is 0 Å². The summed E-state index contributed by atoms with van der Waals surface area (Å²) in [5.74, 6) is 0. The average molecular weight is 268 g/mol. The first-order valence-electron chi connectivity index (χ1n) is 5.49. The summed E-state index contributed by atoms with van der Waals surface area (Å²) in [6, 6.07) is 2.12. The molecule has 0 bridgehead atoms. The van der Waals surface area contributed by atoms with E-state index in [1.807, 2.05) is 0 Å². The molecule has 2 aromatic heterocycles. The van der Waals surface area contributed by atoms with E-state index in [1.54, 1.807) is 6.20 Å². The molecule has 3 nitrogen and oxygen atoms in total. The summed E-state index contributed by atoms with van der Waals surface area (Å²) < 4.78 is 5.13. The van der Waals surface area contributed by atoms with Gasteiger partial charge < -0.3 is 4.52 Å². The lowest BCUT2D eigenvalue weighted by Gasteiger charge is -2.23. The summed E-state index contributed by atoms with van der Waals surface area (Å²) in [7, 11) is 1.49. The lowest BCUT2D eigenvalue weighted by molar-refractivity contribution is 0.447. The molecule has 0 fully saturated rings. The summed E-state index contributed by atoms with van der Waals surface area (Å²) in [6.07, 6.45) is 1.71. The van der Waals surface area contributed by atoms with Crippen molar-refractivity contribution in [2.45, 2.75) is 38.4 Å². The summed E-state index contributed by atoms with van der Waals surface area (Å²) in [4.78, 5) is 4.57. The van der Waals surface area contributed by atoms with Gasteiger partial charge in [-0.2, -0.15) is 0 Å². The van der Waals surface area contributed by atoms with E-state index in [1.165, 1.54) is 16.4 Å². The summed E-state index contributed by atoms with van der Waals surface area (Å²) in [5, 5.41) is 4.97. The molecular formula is C12H16N2OS2. The highest BCUT2D eigenvalue weighted by molar-refractivity contribution is 8.68. The average Bonchev–Trinajstić information content (AvgIpc) is 2.72. The van der Waals surface area contributed by atoms with E-state index in [0.29, 0.717) is 5.71 Å². The van der Waals surface area contributed by atoms with Gasteiger partial charge in [-0.1, -0.05) is 36.7 Å². The van der Waals surface area contributed by atoms with Crippen LogP contribution in [0.15, 0.2) is 16.8 Å². The highest BCUT2D eigenvalue weighted by Gasteiger charge is 2.23. The van der Waals surface area contributed by atoms with E-state index in [4.69, 9.17) is 4.52 Å². The highest BCUT2D eigenvalue weighted by atomic mass is 33.1. The molecule has 5 heteroatoms. The van der Waals surface area contributed by atoms with Crippen LogP contribution in [0, 0.1) is 0 Å². The fraction of sp³-hybridized carbons (Fsp3) is 0.500. The minimum Gasteiger partial charge on any atom is -0.336 e. The first-order valence-corrected chi connectivity index (χ1v) is 7.42. The van der Waals surface area contributed by atoms with E-state index in [2.05, 4.69) is 55.6 Å². The second-order valence-electron chi connectivity index (χ2n) is 5.14. The molecule has 17 heavy (non-hydrogen) atoms. The Hall–Kier alpha value is -0.680. The van der Waals surface area contributed by atoms with Gasteiger partial charge in [-0.05, 0) is 24.0 Å². The van der Waals surface area contributed by atoms with Crippen LogP contribution < -0.4 is 0 Å². The SMILES string of the molecule is CC(SS)c1nc2oncc2cc1C(C)(C)C. The van der Waals surface area contributed by atoms with E-state index >= 15 is 0 Å².